The highest BCUT2D eigenvalue weighted by atomic mass is 35.5. The van der Waals surface area contributed by atoms with Gasteiger partial charge in [0, 0.05) is 33.5 Å². The predicted octanol–water partition coefficient (Wildman–Crippen LogP) is 3.67. The van der Waals surface area contributed by atoms with Crippen molar-refractivity contribution in [2.75, 3.05) is 0 Å². The highest BCUT2D eigenvalue weighted by Crippen LogP contribution is 2.34. The Balaban J connectivity index is 0.00000156. The Hall–Kier alpha value is -2.67. The summed E-state index contributed by atoms with van der Waals surface area (Å²) in [6, 6.07) is 1.60. The number of nitrogens with one attached hydrogen (secondary N) is 2. The zero-order valence-corrected chi connectivity index (χ0v) is 12.6. The van der Waals surface area contributed by atoms with Crippen LogP contribution in [0.1, 0.15) is 5.56 Å². The molecule has 5 nitrogen and oxygen atoms in total. The summed E-state index contributed by atoms with van der Waals surface area (Å²) < 4.78 is 34.2. The van der Waals surface area contributed by atoms with E-state index in [0.717, 1.165) is 0 Å². The molecule has 0 spiro atoms. The molecular formula is C15H10ClF2N3O2. The molecule has 0 aliphatic carbocycles. The smallest absolute Gasteiger partial charge is 0.220 e. The van der Waals surface area contributed by atoms with Crippen LogP contribution in [0.2, 0.25) is 0 Å². The number of H-pyrrole nitrogens is 2. The van der Waals surface area contributed by atoms with E-state index in [1.54, 1.807) is 6.07 Å². The molecule has 23 heavy (non-hydrogen) atoms. The second kappa shape index (κ2) is 5.20. The molecule has 4 rings (SSSR count). The first kappa shape index (κ1) is 15.2. The van der Waals surface area contributed by atoms with Crippen molar-refractivity contribution >= 4 is 34.2 Å². The Labute approximate surface area is 133 Å². The van der Waals surface area contributed by atoms with Gasteiger partial charge >= 0.3 is 0 Å². The van der Waals surface area contributed by atoms with Gasteiger partial charge in [-0.25, -0.2) is 13.8 Å². The van der Waals surface area contributed by atoms with E-state index in [4.69, 9.17) is 4.42 Å². The lowest BCUT2D eigenvalue weighted by atomic mass is 10.00. The third-order valence-corrected chi connectivity index (χ3v) is 3.74. The van der Waals surface area contributed by atoms with E-state index in [9.17, 15) is 13.6 Å². The highest BCUT2D eigenvalue weighted by Gasteiger charge is 2.23. The molecule has 0 fully saturated rings. The Kier molecular flexibility index (Phi) is 3.45. The van der Waals surface area contributed by atoms with Crippen molar-refractivity contribution in [3.05, 3.63) is 52.2 Å². The number of halogens is 3. The van der Waals surface area contributed by atoms with Crippen LogP contribution in [0.5, 0.6) is 0 Å². The number of benzene rings is 1. The second-order valence-corrected chi connectivity index (χ2v) is 4.98. The van der Waals surface area contributed by atoms with Crippen molar-refractivity contribution in [2.24, 2.45) is 0 Å². The van der Waals surface area contributed by atoms with Gasteiger partial charge in [-0.3, -0.25) is 9.89 Å². The average molecular weight is 338 g/mol. The molecular weight excluding hydrogens is 328 g/mol. The van der Waals surface area contributed by atoms with Gasteiger partial charge in [-0.15, -0.1) is 12.4 Å². The van der Waals surface area contributed by atoms with Gasteiger partial charge in [-0.2, -0.15) is 0 Å². The van der Waals surface area contributed by atoms with Crippen LogP contribution in [-0.2, 0) is 0 Å². The van der Waals surface area contributed by atoms with E-state index >= 15 is 0 Å². The highest BCUT2D eigenvalue weighted by molar-refractivity contribution is 6.10. The SMILES string of the molecule is Cc1c(F)c2c(-c3ccoc3)nc3[nH][nH]cc3c2c(F)c1=O.Cl. The normalized spacial score (nSPS) is 11.1. The van der Waals surface area contributed by atoms with Gasteiger partial charge in [0.2, 0.25) is 5.43 Å². The summed E-state index contributed by atoms with van der Waals surface area (Å²) in [6.45, 7) is 1.26. The molecule has 0 amide bonds. The van der Waals surface area contributed by atoms with E-state index in [1.165, 1.54) is 25.6 Å². The van der Waals surface area contributed by atoms with Crippen LogP contribution in [0.25, 0.3) is 33.1 Å². The number of pyridine rings is 1. The first-order valence-electron chi connectivity index (χ1n) is 6.49. The maximum absolute atomic E-state index is 14.7. The fraction of sp³-hybridized carbons (Fsp3) is 0.0667. The Morgan fingerprint density at radius 1 is 1.22 bits per heavy atom. The third kappa shape index (κ3) is 1.97. The zero-order valence-electron chi connectivity index (χ0n) is 11.7. The second-order valence-electron chi connectivity index (χ2n) is 4.98. The molecule has 3 heterocycles. The summed E-state index contributed by atoms with van der Waals surface area (Å²) in [5.41, 5.74) is -0.179. The van der Waals surface area contributed by atoms with Crippen LogP contribution in [0, 0.1) is 18.6 Å². The number of hydrogen-bond donors (Lipinski definition) is 2. The summed E-state index contributed by atoms with van der Waals surface area (Å²) in [6.07, 6.45) is 4.25. The summed E-state index contributed by atoms with van der Waals surface area (Å²) in [4.78, 5) is 16.2. The van der Waals surface area contributed by atoms with Crippen molar-refractivity contribution in [1.82, 2.24) is 15.2 Å². The number of nitrogens with zero attached hydrogens (tertiary/aromatic N) is 1. The van der Waals surface area contributed by atoms with E-state index in [0.29, 0.717) is 16.6 Å². The fourth-order valence-corrected chi connectivity index (χ4v) is 2.63. The largest absolute Gasteiger partial charge is 0.472 e. The standard InChI is InChI=1S/C15H9F2N3O2.ClH/c1-6-11(16)10-9(12(17)14(6)21)8-4-18-20-15(8)19-13(10)7-2-3-22-5-7;/h2-5H,1H3,(H2,18,19,20);1H. The summed E-state index contributed by atoms with van der Waals surface area (Å²) in [5.74, 6) is -1.76. The summed E-state index contributed by atoms with van der Waals surface area (Å²) in [5, 5.41) is 5.61. The van der Waals surface area contributed by atoms with Crippen molar-refractivity contribution < 1.29 is 13.2 Å². The minimum absolute atomic E-state index is 0. The molecule has 0 saturated carbocycles. The molecule has 0 saturated heterocycles. The zero-order chi connectivity index (χ0) is 15.4. The summed E-state index contributed by atoms with van der Waals surface area (Å²) >= 11 is 0. The minimum Gasteiger partial charge on any atom is -0.472 e. The van der Waals surface area contributed by atoms with Gasteiger partial charge in [0.15, 0.2) is 11.5 Å². The van der Waals surface area contributed by atoms with E-state index < -0.39 is 17.1 Å². The van der Waals surface area contributed by atoms with Crippen molar-refractivity contribution in [3.63, 3.8) is 0 Å². The van der Waals surface area contributed by atoms with Crippen molar-refractivity contribution in [2.45, 2.75) is 6.92 Å². The predicted molar refractivity (Wildman–Crippen MR) is 83.8 cm³/mol. The van der Waals surface area contributed by atoms with Crippen molar-refractivity contribution in [3.8, 4) is 11.3 Å². The topological polar surface area (TPSA) is 74.7 Å². The number of fused-ring (bicyclic) bond motifs is 3. The molecule has 0 radical (unpaired) electrons. The van der Waals surface area contributed by atoms with E-state index in [2.05, 4.69) is 15.2 Å². The lowest BCUT2D eigenvalue weighted by Gasteiger charge is -2.09. The first-order valence-corrected chi connectivity index (χ1v) is 6.49. The fourth-order valence-electron chi connectivity index (χ4n) is 2.63. The average Bonchev–Trinajstić information content (AvgIpc) is 3.19. The number of furan rings is 1. The lowest BCUT2D eigenvalue weighted by molar-refractivity contribution is 0.568. The van der Waals surface area contributed by atoms with Gasteiger partial charge in [-0.1, -0.05) is 0 Å². The van der Waals surface area contributed by atoms with Gasteiger partial charge in [0.1, 0.15) is 5.82 Å². The molecule has 3 aromatic heterocycles. The number of aromatic nitrogens is 3. The van der Waals surface area contributed by atoms with Gasteiger partial charge in [0.25, 0.3) is 0 Å². The molecule has 4 aromatic rings. The number of aromatic amines is 2. The first-order chi connectivity index (χ1) is 10.6. The minimum atomic E-state index is -0.987. The lowest BCUT2D eigenvalue weighted by Crippen LogP contribution is -2.14. The monoisotopic (exact) mass is 337 g/mol. The molecule has 0 unspecified atom stereocenters. The molecule has 0 aliphatic rings. The van der Waals surface area contributed by atoms with Crippen LogP contribution in [-0.4, -0.2) is 15.2 Å². The molecule has 0 bridgehead atoms. The van der Waals surface area contributed by atoms with Gasteiger partial charge in [0.05, 0.1) is 18.2 Å². The van der Waals surface area contributed by atoms with Gasteiger partial charge in [-0.05, 0) is 13.0 Å². The molecule has 1 aromatic carbocycles. The van der Waals surface area contributed by atoms with Crippen LogP contribution in [0.3, 0.4) is 0 Å². The third-order valence-electron chi connectivity index (χ3n) is 3.74. The van der Waals surface area contributed by atoms with Crippen LogP contribution in [0.4, 0.5) is 8.78 Å². The van der Waals surface area contributed by atoms with Crippen LogP contribution < -0.4 is 5.43 Å². The van der Waals surface area contributed by atoms with Gasteiger partial charge < -0.3 is 9.52 Å². The van der Waals surface area contributed by atoms with E-state index in [1.807, 2.05) is 0 Å². The maximum atomic E-state index is 14.7. The van der Waals surface area contributed by atoms with E-state index in [-0.39, 0.29) is 34.4 Å². The molecule has 0 atom stereocenters. The Bertz CT molecular complexity index is 1080. The van der Waals surface area contributed by atoms with Crippen LogP contribution in [0.15, 0.2) is 34.0 Å². The Morgan fingerprint density at radius 2 is 2.00 bits per heavy atom. The number of rotatable bonds is 1. The van der Waals surface area contributed by atoms with Crippen LogP contribution >= 0.6 is 12.4 Å². The Morgan fingerprint density at radius 3 is 2.70 bits per heavy atom. The molecule has 8 heteroatoms. The quantitative estimate of drug-likeness (QED) is 0.556. The molecule has 0 aliphatic heterocycles. The number of hydrogen-bond acceptors (Lipinski definition) is 3. The van der Waals surface area contributed by atoms with Crippen molar-refractivity contribution in [1.29, 1.82) is 0 Å². The summed E-state index contributed by atoms with van der Waals surface area (Å²) in [7, 11) is 0. The maximum Gasteiger partial charge on any atom is 0.220 e. The molecule has 118 valence electrons. The molecule has 2 N–H and O–H groups in total.